The summed E-state index contributed by atoms with van der Waals surface area (Å²) in [7, 11) is 0. The molecule has 0 rings (SSSR count). The third-order valence-corrected chi connectivity index (χ3v) is 1.29. The molecule has 0 aliphatic heterocycles. The number of hydrogen-bond donors (Lipinski definition) is 4. The van der Waals surface area contributed by atoms with Crippen molar-refractivity contribution in [1.29, 1.82) is 0 Å². The molecule has 0 bridgehead atoms. The van der Waals surface area contributed by atoms with E-state index in [1.807, 2.05) is 0 Å². The smallest absolute Gasteiger partial charge is 0.336 e. The van der Waals surface area contributed by atoms with Crippen LogP contribution in [0.4, 0.5) is 0 Å². The molecule has 0 aromatic rings. The van der Waals surface area contributed by atoms with Gasteiger partial charge in [-0.3, -0.25) is 9.59 Å². The maximum atomic E-state index is 10.3. The Morgan fingerprint density at radius 1 is 0.929 bits per heavy atom. The normalized spacial score (nSPS) is 10.1. The number of aliphatic carboxylic acids is 3. The van der Waals surface area contributed by atoms with Crippen molar-refractivity contribution in [3.63, 3.8) is 0 Å². The minimum Gasteiger partial charge on any atom is -0.481 e. The molecule has 0 amide bonds. The van der Waals surface area contributed by atoms with Gasteiger partial charge in [-0.15, -0.1) is 0 Å². The van der Waals surface area contributed by atoms with Crippen molar-refractivity contribution < 1.29 is 56.5 Å². The largest absolute Gasteiger partial charge is 0.481 e. The van der Waals surface area contributed by atoms with Crippen molar-refractivity contribution in [3.8, 4) is 0 Å². The topological polar surface area (TPSA) is 132 Å². The summed E-state index contributed by atoms with van der Waals surface area (Å²) in [6, 6.07) is 0. The van der Waals surface area contributed by atoms with Crippen LogP contribution in [-0.2, 0) is 36.1 Å². The molecule has 0 atom stereocenters. The molecule has 8 heteroatoms. The molecule has 4 N–H and O–H groups in total. The second-order valence-corrected chi connectivity index (χ2v) is 2.48. The van der Waals surface area contributed by atoms with E-state index >= 15 is 0 Å². The van der Waals surface area contributed by atoms with E-state index in [9.17, 15) is 14.4 Å². The summed E-state index contributed by atoms with van der Waals surface area (Å²) in [5, 5.41) is 33.8. The van der Waals surface area contributed by atoms with E-state index in [4.69, 9.17) is 20.4 Å². The molecule has 0 aromatic heterocycles. The summed E-state index contributed by atoms with van der Waals surface area (Å²) in [6.45, 7) is 0. The minimum atomic E-state index is -2.74. The molecular weight excluding hydrogens is 232 g/mol. The van der Waals surface area contributed by atoms with Crippen molar-refractivity contribution in [2.24, 2.45) is 0 Å². The minimum absolute atomic E-state index is 0. The molecule has 0 radical (unpaired) electrons. The SMILES string of the molecule is O=C(O)CC(O)(CC(=O)O)C(=O)O.[Ti]. The molecule has 0 aliphatic carbocycles. The summed E-state index contributed by atoms with van der Waals surface area (Å²) in [5.41, 5.74) is -2.74. The van der Waals surface area contributed by atoms with Crippen molar-refractivity contribution in [2.75, 3.05) is 0 Å². The van der Waals surface area contributed by atoms with Crippen LogP contribution < -0.4 is 0 Å². The van der Waals surface area contributed by atoms with Crippen molar-refractivity contribution in [2.45, 2.75) is 18.4 Å². The predicted octanol–water partition coefficient (Wildman–Crippen LogP) is -1.25. The van der Waals surface area contributed by atoms with Crippen LogP contribution in [0.5, 0.6) is 0 Å². The number of aliphatic hydroxyl groups is 1. The molecule has 0 saturated heterocycles. The molecule has 0 fully saturated rings. The Balaban J connectivity index is 0. The summed E-state index contributed by atoms with van der Waals surface area (Å²) in [4.78, 5) is 30.5. The fraction of sp³-hybridized carbons (Fsp3) is 0.500. The first-order chi connectivity index (χ1) is 5.78. The fourth-order valence-corrected chi connectivity index (χ4v) is 0.714. The third-order valence-electron chi connectivity index (χ3n) is 1.29. The van der Waals surface area contributed by atoms with E-state index < -0.39 is 36.4 Å². The van der Waals surface area contributed by atoms with Crippen molar-refractivity contribution >= 4 is 17.9 Å². The van der Waals surface area contributed by atoms with E-state index in [1.54, 1.807) is 0 Å². The van der Waals surface area contributed by atoms with Crippen LogP contribution >= 0.6 is 0 Å². The summed E-state index contributed by atoms with van der Waals surface area (Å²) in [5.74, 6) is -5.02. The maximum absolute atomic E-state index is 10.3. The first kappa shape index (κ1) is 15.6. The Morgan fingerprint density at radius 2 is 1.21 bits per heavy atom. The van der Waals surface area contributed by atoms with Gasteiger partial charge in [-0.05, 0) is 0 Å². The average molecular weight is 240 g/mol. The maximum Gasteiger partial charge on any atom is 0.336 e. The van der Waals surface area contributed by atoms with Gasteiger partial charge in [-0.1, -0.05) is 0 Å². The molecule has 0 unspecified atom stereocenters. The Bertz CT molecular complexity index is 233. The third kappa shape index (κ3) is 4.95. The molecule has 0 heterocycles. The zero-order valence-electron chi connectivity index (χ0n) is 6.93. The monoisotopic (exact) mass is 240 g/mol. The zero-order valence-corrected chi connectivity index (χ0v) is 8.49. The van der Waals surface area contributed by atoms with Crippen LogP contribution in [0.1, 0.15) is 12.8 Å². The van der Waals surface area contributed by atoms with E-state index in [0.717, 1.165) is 0 Å². The molecule has 0 aromatic carbocycles. The summed E-state index contributed by atoms with van der Waals surface area (Å²) >= 11 is 0. The van der Waals surface area contributed by atoms with Gasteiger partial charge < -0.3 is 20.4 Å². The second-order valence-electron chi connectivity index (χ2n) is 2.48. The number of hydrogen-bond acceptors (Lipinski definition) is 4. The Labute approximate surface area is 93.2 Å². The van der Waals surface area contributed by atoms with Crippen LogP contribution in [-0.4, -0.2) is 43.9 Å². The van der Waals surface area contributed by atoms with Gasteiger partial charge >= 0.3 is 17.9 Å². The van der Waals surface area contributed by atoms with Crippen LogP contribution in [0.15, 0.2) is 0 Å². The molecular formula is C6H8O7Ti. The van der Waals surface area contributed by atoms with Gasteiger partial charge in [0, 0.05) is 21.7 Å². The van der Waals surface area contributed by atoms with Crippen LogP contribution in [0.25, 0.3) is 0 Å². The zero-order chi connectivity index (χ0) is 10.6. The molecule has 78 valence electrons. The van der Waals surface area contributed by atoms with Gasteiger partial charge in [-0.2, -0.15) is 0 Å². The number of carboxylic acids is 3. The van der Waals surface area contributed by atoms with E-state index in [1.165, 1.54) is 0 Å². The fourth-order valence-electron chi connectivity index (χ4n) is 0.714. The predicted molar refractivity (Wildman–Crippen MR) is 37.1 cm³/mol. The molecule has 0 spiro atoms. The van der Waals surface area contributed by atoms with Crippen LogP contribution in [0.3, 0.4) is 0 Å². The second kappa shape index (κ2) is 5.74. The number of carboxylic acid groups (broad SMARTS) is 3. The Hall–Kier alpha value is -0.916. The van der Waals surface area contributed by atoms with Gasteiger partial charge in [-0.25, -0.2) is 4.79 Å². The Morgan fingerprint density at radius 3 is 1.36 bits per heavy atom. The quantitative estimate of drug-likeness (QED) is 0.441. The first-order valence-corrected chi connectivity index (χ1v) is 3.17. The van der Waals surface area contributed by atoms with E-state index in [0.29, 0.717) is 0 Å². The van der Waals surface area contributed by atoms with Crippen LogP contribution in [0, 0.1) is 0 Å². The number of carbonyl (C=O) groups is 3. The van der Waals surface area contributed by atoms with Crippen molar-refractivity contribution in [3.05, 3.63) is 0 Å². The van der Waals surface area contributed by atoms with Gasteiger partial charge in [0.2, 0.25) is 0 Å². The summed E-state index contributed by atoms with van der Waals surface area (Å²) < 4.78 is 0. The van der Waals surface area contributed by atoms with Crippen molar-refractivity contribution in [1.82, 2.24) is 0 Å². The summed E-state index contributed by atoms with van der Waals surface area (Å²) in [6.07, 6.45) is -2.29. The van der Waals surface area contributed by atoms with Crippen LogP contribution in [0.2, 0.25) is 0 Å². The average Bonchev–Trinajstić information content (AvgIpc) is 1.82. The molecule has 0 saturated carbocycles. The molecule has 14 heavy (non-hydrogen) atoms. The van der Waals surface area contributed by atoms with Gasteiger partial charge in [0.25, 0.3) is 0 Å². The molecule has 0 aliphatic rings. The van der Waals surface area contributed by atoms with E-state index in [2.05, 4.69) is 0 Å². The van der Waals surface area contributed by atoms with E-state index in [-0.39, 0.29) is 21.7 Å². The first-order valence-electron chi connectivity index (χ1n) is 3.17. The number of rotatable bonds is 5. The van der Waals surface area contributed by atoms with Gasteiger partial charge in [0.1, 0.15) is 0 Å². The standard InChI is InChI=1S/C6H8O7.Ti/c7-3(8)1-6(13,5(11)12)2-4(9)10;/h13H,1-2H2,(H,7,8)(H,9,10)(H,11,12);. The van der Waals surface area contributed by atoms with Gasteiger partial charge in [0.05, 0.1) is 12.8 Å². The Kier molecular flexibility index (Phi) is 6.38. The molecule has 7 nitrogen and oxygen atoms in total. The van der Waals surface area contributed by atoms with Gasteiger partial charge in [0.15, 0.2) is 5.60 Å².